The van der Waals surface area contributed by atoms with E-state index in [-0.39, 0.29) is 6.03 Å². The Hall–Kier alpha value is -2.11. The van der Waals surface area contributed by atoms with Crippen molar-refractivity contribution in [3.8, 4) is 0 Å². The summed E-state index contributed by atoms with van der Waals surface area (Å²) < 4.78 is 0. The Bertz CT molecular complexity index is 478. The number of carbonyl (C=O) groups excluding carboxylic acids is 1. The molecule has 1 aromatic heterocycles. The molecular weight excluding hydrogens is 258 g/mol. The topological polar surface area (TPSA) is 73.7 Å². The molecule has 20 heavy (non-hydrogen) atoms. The number of carbonyl (C=O) groups is 2. The van der Waals surface area contributed by atoms with Crippen molar-refractivity contribution in [2.75, 3.05) is 19.6 Å². The average molecular weight is 277 g/mol. The average Bonchev–Trinajstić information content (AvgIpc) is 2.95. The van der Waals surface area contributed by atoms with E-state index in [1.165, 1.54) is 0 Å². The highest BCUT2D eigenvalue weighted by Gasteiger charge is 2.32. The quantitative estimate of drug-likeness (QED) is 0.903. The third-order valence-electron chi connectivity index (χ3n) is 3.58. The van der Waals surface area contributed by atoms with E-state index >= 15 is 0 Å². The van der Waals surface area contributed by atoms with Crippen LogP contribution in [0.3, 0.4) is 0 Å². The minimum Gasteiger partial charge on any atom is -0.481 e. The second-order valence-electron chi connectivity index (χ2n) is 4.92. The predicted octanol–water partition coefficient (Wildman–Crippen LogP) is 1.43. The number of aromatic nitrogens is 1. The molecule has 1 fully saturated rings. The fourth-order valence-electron chi connectivity index (χ4n) is 2.36. The van der Waals surface area contributed by atoms with Crippen molar-refractivity contribution in [1.29, 1.82) is 0 Å². The predicted molar refractivity (Wildman–Crippen MR) is 73.0 cm³/mol. The first-order valence-electron chi connectivity index (χ1n) is 6.77. The summed E-state index contributed by atoms with van der Waals surface area (Å²) >= 11 is 0. The van der Waals surface area contributed by atoms with Crippen LogP contribution in [0.5, 0.6) is 0 Å². The van der Waals surface area contributed by atoms with Crippen LogP contribution in [0.2, 0.25) is 0 Å². The number of urea groups is 1. The van der Waals surface area contributed by atoms with E-state index in [2.05, 4.69) is 4.98 Å². The summed E-state index contributed by atoms with van der Waals surface area (Å²) in [5.74, 6) is -1.25. The van der Waals surface area contributed by atoms with Gasteiger partial charge in [0, 0.05) is 38.6 Å². The molecule has 0 bridgehead atoms. The van der Waals surface area contributed by atoms with E-state index in [9.17, 15) is 9.59 Å². The molecule has 0 aromatic carbocycles. The SMILES string of the molecule is CCN(Cc1ccncc1)C(=O)N1CCC(C(=O)O)C1. The number of carboxylic acid groups (broad SMARTS) is 1. The molecule has 2 heterocycles. The summed E-state index contributed by atoms with van der Waals surface area (Å²) in [5, 5.41) is 8.99. The first kappa shape index (κ1) is 14.3. The van der Waals surface area contributed by atoms with Gasteiger partial charge in [-0.25, -0.2) is 4.79 Å². The van der Waals surface area contributed by atoms with Gasteiger partial charge in [0.05, 0.1) is 5.92 Å². The molecule has 108 valence electrons. The van der Waals surface area contributed by atoms with E-state index in [1.807, 2.05) is 19.1 Å². The molecule has 0 spiro atoms. The zero-order valence-corrected chi connectivity index (χ0v) is 11.5. The Labute approximate surface area is 118 Å². The van der Waals surface area contributed by atoms with Gasteiger partial charge in [-0.1, -0.05) is 0 Å². The zero-order chi connectivity index (χ0) is 14.5. The maximum atomic E-state index is 12.4. The van der Waals surface area contributed by atoms with Gasteiger partial charge in [-0.05, 0) is 31.0 Å². The number of amides is 2. The third-order valence-corrected chi connectivity index (χ3v) is 3.58. The number of hydrogen-bond donors (Lipinski definition) is 1. The normalized spacial score (nSPS) is 18.1. The van der Waals surface area contributed by atoms with Crippen molar-refractivity contribution in [2.24, 2.45) is 5.92 Å². The number of likely N-dealkylation sites (tertiary alicyclic amines) is 1. The number of aliphatic carboxylic acids is 1. The highest BCUT2D eigenvalue weighted by molar-refractivity contribution is 5.77. The molecule has 1 aromatic rings. The minimum atomic E-state index is -0.822. The van der Waals surface area contributed by atoms with Crippen LogP contribution in [0.4, 0.5) is 4.79 Å². The minimum absolute atomic E-state index is 0.0898. The van der Waals surface area contributed by atoms with Gasteiger partial charge >= 0.3 is 12.0 Å². The van der Waals surface area contributed by atoms with Crippen molar-refractivity contribution < 1.29 is 14.7 Å². The Kier molecular flexibility index (Phi) is 4.55. The molecule has 0 radical (unpaired) electrons. The highest BCUT2D eigenvalue weighted by Crippen LogP contribution is 2.18. The fraction of sp³-hybridized carbons (Fsp3) is 0.500. The summed E-state index contributed by atoms with van der Waals surface area (Å²) in [6.45, 7) is 3.86. The summed E-state index contributed by atoms with van der Waals surface area (Å²) in [6, 6.07) is 3.66. The zero-order valence-electron chi connectivity index (χ0n) is 11.5. The van der Waals surface area contributed by atoms with Crippen LogP contribution in [0, 0.1) is 5.92 Å². The summed E-state index contributed by atoms with van der Waals surface area (Å²) in [5.41, 5.74) is 1.02. The van der Waals surface area contributed by atoms with Crippen molar-refractivity contribution in [3.63, 3.8) is 0 Å². The lowest BCUT2D eigenvalue weighted by molar-refractivity contribution is -0.141. The maximum Gasteiger partial charge on any atom is 0.320 e. The van der Waals surface area contributed by atoms with E-state index in [0.717, 1.165) is 5.56 Å². The summed E-state index contributed by atoms with van der Waals surface area (Å²) in [7, 11) is 0. The molecule has 2 amide bonds. The summed E-state index contributed by atoms with van der Waals surface area (Å²) in [4.78, 5) is 30.6. The van der Waals surface area contributed by atoms with E-state index < -0.39 is 11.9 Å². The van der Waals surface area contributed by atoms with Gasteiger partial charge in [-0.3, -0.25) is 9.78 Å². The number of carboxylic acids is 1. The molecule has 1 N–H and O–H groups in total. The standard InChI is InChI=1S/C14H19N3O3/c1-2-16(9-11-3-6-15-7-4-11)14(20)17-8-5-12(10-17)13(18)19/h3-4,6-7,12H,2,5,8-10H2,1H3,(H,18,19). The van der Waals surface area contributed by atoms with Gasteiger partial charge in [0.2, 0.25) is 0 Å². The van der Waals surface area contributed by atoms with Crippen molar-refractivity contribution in [1.82, 2.24) is 14.8 Å². The molecule has 1 unspecified atom stereocenters. The van der Waals surface area contributed by atoms with Crippen LogP contribution in [0.25, 0.3) is 0 Å². The monoisotopic (exact) mass is 277 g/mol. The Morgan fingerprint density at radius 2 is 2.15 bits per heavy atom. The number of nitrogens with zero attached hydrogens (tertiary/aromatic N) is 3. The second-order valence-corrected chi connectivity index (χ2v) is 4.92. The molecule has 0 saturated carbocycles. The number of hydrogen-bond acceptors (Lipinski definition) is 3. The fourth-order valence-corrected chi connectivity index (χ4v) is 2.36. The van der Waals surface area contributed by atoms with Crippen LogP contribution < -0.4 is 0 Å². The Morgan fingerprint density at radius 1 is 1.45 bits per heavy atom. The van der Waals surface area contributed by atoms with Gasteiger partial charge in [0.15, 0.2) is 0 Å². The first-order valence-corrected chi connectivity index (χ1v) is 6.77. The van der Waals surface area contributed by atoms with Gasteiger partial charge in [0.1, 0.15) is 0 Å². The Balaban J connectivity index is 1.98. The molecule has 6 nitrogen and oxygen atoms in total. The molecule has 2 rings (SSSR count). The van der Waals surface area contributed by atoms with Gasteiger partial charge in [-0.2, -0.15) is 0 Å². The number of rotatable bonds is 4. The molecule has 6 heteroatoms. The lowest BCUT2D eigenvalue weighted by Gasteiger charge is -2.27. The van der Waals surface area contributed by atoms with Crippen LogP contribution in [-0.4, -0.2) is 51.5 Å². The van der Waals surface area contributed by atoms with Gasteiger partial charge in [0.25, 0.3) is 0 Å². The Morgan fingerprint density at radius 3 is 2.70 bits per heavy atom. The molecular formula is C14H19N3O3. The van der Waals surface area contributed by atoms with Crippen LogP contribution in [-0.2, 0) is 11.3 Å². The molecule has 1 aliphatic heterocycles. The number of pyridine rings is 1. The lowest BCUT2D eigenvalue weighted by atomic mass is 10.1. The third kappa shape index (κ3) is 3.26. The molecule has 0 aliphatic carbocycles. The first-order chi connectivity index (χ1) is 9.61. The highest BCUT2D eigenvalue weighted by atomic mass is 16.4. The lowest BCUT2D eigenvalue weighted by Crippen LogP contribution is -2.42. The van der Waals surface area contributed by atoms with E-state index in [1.54, 1.807) is 22.2 Å². The summed E-state index contributed by atoms with van der Waals surface area (Å²) in [6.07, 6.45) is 3.93. The molecule has 1 saturated heterocycles. The van der Waals surface area contributed by atoms with Gasteiger partial charge < -0.3 is 14.9 Å². The van der Waals surface area contributed by atoms with Crippen LogP contribution in [0.15, 0.2) is 24.5 Å². The van der Waals surface area contributed by atoms with Crippen molar-refractivity contribution in [3.05, 3.63) is 30.1 Å². The second kappa shape index (κ2) is 6.36. The van der Waals surface area contributed by atoms with Gasteiger partial charge in [-0.15, -0.1) is 0 Å². The maximum absolute atomic E-state index is 12.4. The van der Waals surface area contributed by atoms with Crippen molar-refractivity contribution >= 4 is 12.0 Å². The molecule has 1 aliphatic rings. The van der Waals surface area contributed by atoms with Crippen LogP contribution >= 0.6 is 0 Å². The van der Waals surface area contributed by atoms with E-state index in [4.69, 9.17) is 5.11 Å². The van der Waals surface area contributed by atoms with Crippen molar-refractivity contribution in [2.45, 2.75) is 19.9 Å². The largest absolute Gasteiger partial charge is 0.481 e. The van der Waals surface area contributed by atoms with E-state index in [0.29, 0.717) is 32.6 Å². The molecule has 1 atom stereocenters. The van der Waals surface area contributed by atoms with Crippen LogP contribution in [0.1, 0.15) is 18.9 Å². The smallest absolute Gasteiger partial charge is 0.320 e.